The van der Waals surface area contributed by atoms with Gasteiger partial charge in [-0.15, -0.1) is 0 Å². The highest BCUT2D eigenvalue weighted by atomic mass is 15.3. The van der Waals surface area contributed by atoms with Crippen molar-refractivity contribution in [3.8, 4) is 0 Å². The van der Waals surface area contributed by atoms with E-state index in [-0.39, 0.29) is 0 Å². The van der Waals surface area contributed by atoms with Gasteiger partial charge in [-0.2, -0.15) is 0 Å². The predicted molar refractivity (Wildman–Crippen MR) is 54.7 cm³/mol. The van der Waals surface area contributed by atoms with Gasteiger partial charge in [0.2, 0.25) is 0 Å². The molecule has 13 heavy (non-hydrogen) atoms. The monoisotopic (exact) mass is 179 g/mol. The van der Waals surface area contributed by atoms with Gasteiger partial charge < -0.3 is 0 Å². The molecule has 0 radical (unpaired) electrons. The highest BCUT2D eigenvalue weighted by molar-refractivity contribution is 5.09. The first-order valence-corrected chi connectivity index (χ1v) is 6.07. The Labute approximate surface area is 81.5 Å². The summed E-state index contributed by atoms with van der Waals surface area (Å²) in [5.74, 6) is 0.999. The fourth-order valence-corrected chi connectivity index (χ4v) is 3.37. The van der Waals surface area contributed by atoms with Crippen molar-refractivity contribution in [3.05, 3.63) is 0 Å². The Morgan fingerprint density at radius 2 is 1.92 bits per heavy atom. The van der Waals surface area contributed by atoms with Gasteiger partial charge in [0.1, 0.15) is 0 Å². The first-order valence-electron chi connectivity index (χ1n) is 6.07. The van der Waals surface area contributed by atoms with Gasteiger partial charge in [0.15, 0.2) is 0 Å². The Bertz CT molecular complexity index is 203. The maximum absolute atomic E-state index is 2.89. The van der Waals surface area contributed by atoms with Gasteiger partial charge in [-0.3, -0.25) is 4.90 Å². The number of nitrogens with zero attached hydrogens (tertiary/aromatic N) is 1. The van der Waals surface area contributed by atoms with Crippen molar-refractivity contribution in [1.82, 2.24) is 4.90 Å². The summed E-state index contributed by atoms with van der Waals surface area (Å²) in [6.07, 6.45) is 10.5. The number of piperidine rings is 1. The minimum atomic E-state index is 0.725. The van der Waals surface area contributed by atoms with E-state index >= 15 is 0 Å². The van der Waals surface area contributed by atoms with Crippen LogP contribution in [0.3, 0.4) is 0 Å². The van der Waals surface area contributed by atoms with Crippen LogP contribution in [0.25, 0.3) is 0 Å². The first-order chi connectivity index (χ1) is 6.30. The van der Waals surface area contributed by atoms with E-state index in [1.807, 2.05) is 0 Å². The molecular weight excluding hydrogens is 158 g/mol. The molecule has 0 aromatic carbocycles. The fourth-order valence-electron chi connectivity index (χ4n) is 3.37. The van der Waals surface area contributed by atoms with E-state index in [1.54, 1.807) is 0 Å². The Hall–Kier alpha value is -0.0400. The van der Waals surface area contributed by atoms with Crippen LogP contribution in [0.4, 0.5) is 0 Å². The summed E-state index contributed by atoms with van der Waals surface area (Å²) in [7, 11) is 0. The van der Waals surface area contributed by atoms with Gasteiger partial charge in [0.25, 0.3) is 0 Å². The van der Waals surface area contributed by atoms with Crippen molar-refractivity contribution in [3.63, 3.8) is 0 Å². The van der Waals surface area contributed by atoms with Crippen LogP contribution in [0, 0.1) is 5.92 Å². The van der Waals surface area contributed by atoms with Crippen LogP contribution in [0.5, 0.6) is 0 Å². The molecule has 0 N–H and O–H groups in total. The Morgan fingerprint density at radius 1 is 1.15 bits per heavy atom. The van der Waals surface area contributed by atoms with Crippen LogP contribution < -0.4 is 0 Å². The van der Waals surface area contributed by atoms with Gasteiger partial charge in [-0.05, 0) is 51.0 Å². The normalized spacial score (nSPS) is 39.0. The molecule has 0 amide bonds. The SMILES string of the molecule is C[C@@H]1CCN(C2CCC2)C2(CC2)C1. The molecule has 1 spiro atoms. The molecule has 1 atom stereocenters. The summed E-state index contributed by atoms with van der Waals surface area (Å²) < 4.78 is 0. The number of hydrogen-bond donors (Lipinski definition) is 0. The molecule has 0 unspecified atom stereocenters. The quantitative estimate of drug-likeness (QED) is 0.598. The van der Waals surface area contributed by atoms with E-state index in [0.29, 0.717) is 0 Å². The molecule has 3 aliphatic rings. The maximum atomic E-state index is 2.89. The largest absolute Gasteiger partial charge is 0.295 e. The molecule has 2 aliphatic carbocycles. The Morgan fingerprint density at radius 3 is 2.46 bits per heavy atom. The zero-order chi connectivity index (χ0) is 8.89. The van der Waals surface area contributed by atoms with Crippen molar-refractivity contribution < 1.29 is 0 Å². The predicted octanol–water partition coefficient (Wildman–Crippen LogP) is 2.80. The van der Waals surface area contributed by atoms with Gasteiger partial charge in [0, 0.05) is 11.6 Å². The van der Waals surface area contributed by atoms with Crippen LogP contribution in [-0.2, 0) is 0 Å². The Balaban J connectivity index is 1.72. The van der Waals surface area contributed by atoms with Crippen molar-refractivity contribution in [2.75, 3.05) is 6.54 Å². The van der Waals surface area contributed by atoms with Crippen molar-refractivity contribution >= 4 is 0 Å². The number of likely N-dealkylation sites (tertiary alicyclic amines) is 1. The Kier molecular flexibility index (Phi) is 1.74. The molecule has 1 nitrogen and oxygen atoms in total. The zero-order valence-electron chi connectivity index (χ0n) is 8.76. The molecule has 0 bridgehead atoms. The van der Waals surface area contributed by atoms with Crippen LogP contribution in [0.15, 0.2) is 0 Å². The molecular formula is C12H21N. The minimum Gasteiger partial charge on any atom is -0.295 e. The highest BCUT2D eigenvalue weighted by Crippen LogP contribution is 2.52. The van der Waals surface area contributed by atoms with Gasteiger partial charge in [-0.25, -0.2) is 0 Å². The fraction of sp³-hybridized carbons (Fsp3) is 1.00. The number of rotatable bonds is 1. The third-order valence-corrected chi connectivity index (χ3v) is 4.54. The van der Waals surface area contributed by atoms with E-state index in [2.05, 4.69) is 11.8 Å². The zero-order valence-corrected chi connectivity index (χ0v) is 8.76. The third-order valence-electron chi connectivity index (χ3n) is 4.54. The lowest BCUT2D eigenvalue weighted by Gasteiger charge is -2.47. The van der Waals surface area contributed by atoms with Crippen LogP contribution in [0.1, 0.15) is 51.9 Å². The maximum Gasteiger partial charge on any atom is 0.0216 e. The molecule has 0 aromatic rings. The molecule has 0 aromatic heterocycles. The highest BCUT2D eigenvalue weighted by Gasteiger charge is 2.53. The summed E-state index contributed by atoms with van der Waals surface area (Å²) in [6.45, 7) is 3.85. The summed E-state index contributed by atoms with van der Waals surface area (Å²) >= 11 is 0. The van der Waals surface area contributed by atoms with E-state index in [1.165, 1.54) is 51.5 Å². The van der Waals surface area contributed by atoms with E-state index in [9.17, 15) is 0 Å². The second-order valence-electron chi connectivity index (χ2n) is 5.60. The van der Waals surface area contributed by atoms with Crippen molar-refractivity contribution in [2.45, 2.75) is 63.5 Å². The van der Waals surface area contributed by atoms with Crippen molar-refractivity contribution in [1.29, 1.82) is 0 Å². The second kappa shape index (κ2) is 2.73. The molecule has 3 fully saturated rings. The lowest BCUT2D eigenvalue weighted by Crippen LogP contribution is -2.52. The van der Waals surface area contributed by atoms with Crippen LogP contribution in [0.2, 0.25) is 0 Å². The minimum absolute atomic E-state index is 0.725. The smallest absolute Gasteiger partial charge is 0.0216 e. The number of hydrogen-bond acceptors (Lipinski definition) is 1. The standard InChI is InChI=1S/C12H21N/c1-10-5-8-13(11-3-2-4-11)12(9-10)6-7-12/h10-11H,2-9H2,1H3/t10-/m1/s1. The van der Waals surface area contributed by atoms with Gasteiger partial charge in [-0.1, -0.05) is 13.3 Å². The molecule has 3 rings (SSSR count). The topological polar surface area (TPSA) is 3.24 Å². The summed E-state index contributed by atoms with van der Waals surface area (Å²) in [5.41, 5.74) is 0.725. The third kappa shape index (κ3) is 1.24. The molecule has 74 valence electrons. The van der Waals surface area contributed by atoms with Crippen LogP contribution in [-0.4, -0.2) is 23.0 Å². The molecule has 1 saturated heterocycles. The summed E-state index contributed by atoms with van der Waals surface area (Å²) in [5, 5.41) is 0. The molecule has 1 heteroatoms. The average molecular weight is 179 g/mol. The van der Waals surface area contributed by atoms with E-state index in [4.69, 9.17) is 0 Å². The molecule has 1 heterocycles. The summed E-state index contributed by atoms with van der Waals surface area (Å²) in [6, 6.07) is 0.995. The van der Waals surface area contributed by atoms with Gasteiger partial charge in [0.05, 0.1) is 0 Å². The lowest BCUT2D eigenvalue weighted by molar-refractivity contribution is 0.0206. The summed E-state index contributed by atoms with van der Waals surface area (Å²) in [4.78, 5) is 2.89. The first kappa shape index (κ1) is 8.28. The lowest BCUT2D eigenvalue weighted by atomic mass is 9.83. The second-order valence-corrected chi connectivity index (χ2v) is 5.60. The average Bonchev–Trinajstić information content (AvgIpc) is 2.73. The molecule has 1 aliphatic heterocycles. The van der Waals surface area contributed by atoms with Crippen LogP contribution >= 0.6 is 0 Å². The van der Waals surface area contributed by atoms with Gasteiger partial charge >= 0.3 is 0 Å². The van der Waals surface area contributed by atoms with E-state index in [0.717, 1.165) is 17.5 Å². The van der Waals surface area contributed by atoms with Crippen molar-refractivity contribution in [2.24, 2.45) is 5.92 Å². The molecule has 2 saturated carbocycles. The van der Waals surface area contributed by atoms with E-state index < -0.39 is 0 Å².